The van der Waals surface area contributed by atoms with E-state index in [1.165, 1.54) is 353 Å². The highest BCUT2D eigenvalue weighted by Crippen LogP contribution is 2.45. The van der Waals surface area contributed by atoms with E-state index in [9.17, 15) is 43.2 Å². The Labute approximate surface area is 696 Å². The van der Waals surface area contributed by atoms with Crippen LogP contribution in [0.5, 0.6) is 0 Å². The highest BCUT2D eigenvalue weighted by Gasteiger charge is 2.31. The molecule has 5 atom stereocenters. The Morgan fingerprint density at radius 2 is 0.354 bits per heavy atom. The van der Waals surface area contributed by atoms with Gasteiger partial charge < -0.3 is 33.8 Å². The first-order chi connectivity index (χ1) is 55.2. The van der Waals surface area contributed by atoms with Gasteiger partial charge in [-0.3, -0.25) is 37.3 Å². The summed E-state index contributed by atoms with van der Waals surface area (Å²) in [7, 11) is -9.94. The van der Waals surface area contributed by atoms with Crippen molar-refractivity contribution in [2.75, 3.05) is 39.6 Å². The molecule has 672 valence electrons. The molecule has 113 heavy (non-hydrogen) atoms. The van der Waals surface area contributed by atoms with Crippen molar-refractivity contribution in [3.63, 3.8) is 0 Å². The first kappa shape index (κ1) is 111. The van der Waals surface area contributed by atoms with Crippen LogP contribution in [0.4, 0.5) is 0 Å². The van der Waals surface area contributed by atoms with E-state index < -0.39 is 97.5 Å². The van der Waals surface area contributed by atoms with Gasteiger partial charge in [0.1, 0.15) is 19.3 Å². The number of phosphoric ester groups is 2. The molecule has 0 aliphatic rings. The summed E-state index contributed by atoms with van der Waals surface area (Å²) in [5.74, 6) is -2.09. The van der Waals surface area contributed by atoms with Crippen molar-refractivity contribution < 1.29 is 80.2 Å². The van der Waals surface area contributed by atoms with Gasteiger partial charge in [0.2, 0.25) is 0 Å². The number of phosphoric acid groups is 2. The first-order valence-corrected chi connectivity index (χ1v) is 51.8. The van der Waals surface area contributed by atoms with Gasteiger partial charge in [0.15, 0.2) is 12.2 Å². The molecule has 0 aromatic rings. The quantitative estimate of drug-likeness (QED) is 0.0222. The van der Waals surface area contributed by atoms with Crippen LogP contribution in [0.25, 0.3) is 0 Å². The minimum atomic E-state index is -4.97. The van der Waals surface area contributed by atoms with Gasteiger partial charge in [-0.15, -0.1) is 0 Å². The molecule has 0 rings (SSSR count). The van der Waals surface area contributed by atoms with Gasteiger partial charge in [0.05, 0.1) is 26.4 Å². The average molecular weight is 1650 g/mol. The van der Waals surface area contributed by atoms with Crippen LogP contribution in [0.1, 0.15) is 522 Å². The number of hydrogen-bond acceptors (Lipinski definition) is 15. The molecule has 0 amide bonds. The van der Waals surface area contributed by atoms with Crippen molar-refractivity contribution in [3.8, 4) is 0 Å². The third-order valence-corrected chi connectivity index (χ3v) is 24.3. The summed E-state index contributed by atoms with van der Waals surface area (Å²) in [6, 6.07) is 0. The molecule has 0 bridgehead atoms. The predicted molar refractivity (Wildman–Crippen MR) is 469 cm³/mol. The second-order valence-corrected chi connectivity index (χ2v) is 36.7. The lowest BCUT2D eigenvalue weighted by atomic mass is 10.0. The smallest absolute Gasteiger partial charge is 0.462 e. The van der Waals surface area contributed by atoms with Crippen molar-refractivity contribution in [2.45, 2.75) is 540 Å². The van der Waals surface area contributed by atoms with Crippen LogP contribution in [-0.2, 0) is 65.4 Å². The Kier molecular flexibility index (Phi) is 86.4. The first-order valence-electron chi connectivity index (χ1n) is 48.8. The third-order valence-electron chi connectivity index (χ3n) is 22.4. The molecular formula is C94H184O17P2. The molecular weight excluding hydrogens is 1460 g/mol. The molecule has 17 nitrogen and oxygen atoms in total. The maximum atomic E-state index is 13.2. The standard InChI is InChI=1S/C94H184O17P2/c1-5-9-13-17-21-25-29-33-36-39-42-43-44-47-50-53-57-61-65-69-73-77-81-94(99)111-90(85-105-92(97)79-75-71-67-63-59-55-51-48-45-40-37-34-30-26-22-18-14-10-6-2)87-109-113(102,103)107-83-88(95)82-106-112(100,101)108-86-89(84-104-91(96)78-74-70-66-62-58-54-32-28-24-20-16-12-8-4)110-93(98)80-76-72-68-64-60-56-52-49-46-41-38-35-31-27-23-19-15-11-7-3/h88-90,95H,5-87H2,1-4H3,(H,100,101)(H,102,103)/t88-,89+,90+/m0/s1. The molecule has 0 fully saturated rings. The van der Waals surface area contributed by atoms with Crippen LogP contribution >= 0.6 is 15.6 Å². The van der Waals surface area contributed by atoms with Gasteiger partial charge >= 0.3 is 39.5 Å². The van der Waals surface area contributed by atoms with Crippen molar-refractivity contribution >= 4 is 39.5 Å². The predicted octanol–water partition coefficient (Wildman–Crippen LogP) is 29.6. The van der Waals surface area contributed by atoms with Crippen LogP contribution < -0.4 is 0 Å². The van der Waals surface area contributed by atoms with E-state index in [1.807, 2.05) is 0 Å². The Morgan fingerprint density at radius 3 is 0.522 bits per heavy atom. The number of unbranched alkanes of at least 4 members (excludes halogenated alkanes) is 69. The number of ether oxygens (including phenoxy) is 4. The third kappa shape index (κ3) is 87.7. The van der Waals surface area contributed by atoms with Crippen LogP contribution in [-0.4, -0.2) is 96.7 Å². The molecule has 0 saturated carbocycles. The lowest BCUT2D eigenvalue weighted by molar-refractivity contribution is -0.161. The Bertz CT molecular complexity index is 2120. The van der Waals surface area contributed by atoms with E-state index in [0.29, 0.717) is 25.7 Å². The molecule has 0 radical (unpaired) electrons. The second-order valence-electron chi connectivity index (χ2n) is 33.8. The van der Waals surface area contributed by atoms with Crippen molar-refractivity contribution in [2.24, 2.45) is 0 Å². The average Bonchev–Trinajstić information content (AvgIpc) is 0.898. The number of carbonyl (C=O) groups excluding carboxylic acids is 4. The number of aliphatic hydroxyl groups excluding tert-OH is 1. The zero-order valence-electron chi connectivity index (χ0n) is 74.4. The van der Waals surface area contributed by atoms with Crippen molar-refractivity contribution in [1.29, 1.82) is 0 Å². The van der Waals surface area contributed by atoms with Gasteiger partial charge in [0, 0.05) is 25.7 Å². The van der Waals surface area contributed by atoms with E-state index in [4.69, 9.17) is 37.0 Å². The molecule has 0 aromatic heterocycles. The molecule has 19 heteroatoms. The second kappa shape index (κ2) is 87.9. The molecule has 0 saturated heterocycles. The van der Waals surface area contributed by atoms with Crippen LogP contribution in [0.15, 0.2) is 0 Å². The minimum absolute atomic E-state index is 0.110. The maximum absolute atomic E-state index is 13.2. The summed E-state index contributed by atoms with van der Waals surface area (Å²) in [4.78, 5) is 73.5. The molecule has 3 N–H and O–H groups in total. The Hall–Kier alpha value is -1.94. The fraction of sp³-hybridized carbons (Fsp3) is 0.957. The largest absolute Gasteiger partial charge is 0.472 e. The topological polar surface area (TPSA) is 237 Å². The van der Waals surface area contributed by atoms with Gasteiger partial charge in [-0.2, -0.15) is 0 Å². The number of aliphatic hydroxyl groups is 1. The molecule has 0 aliphatic heterocycles. The van der Waals surface area contributed by atoms with Crippen molar-refractivity contribution in [3.05, 3.63) is 0 Å². The monoisotopic (exact) mass is 1650 g/mol. The van der Waals surface area contributed by atoms with E-state index in [1.54, 1.807) is 0 Å². The highest BCUT2D eigenvalue weighted by molar-refractivity contribution is 7.47. The summed E-state index contributed by atoms with van der Waals surface area (Å²) >= 11 is 0. The minimum Gasteiger partial charge on any atom is -0.462 e. The molecule has 2 unspecified atom stereocenters. The SMILES string of the molecule is CCCCCCCCCCCCCCCCCCCCCCCCC(=O)O[C@H](COC(=O)CCCCCCCCCCCCCCCCCCCCC)COP(=O)(O)OC[C@@H](O)COP(=O)(O)OC[C@@H](COC(=O)CCCCCCCCCCCCCCC)OC(=O)CCCCCCCCCCCCCCCCCCCCC. The fourth-order valence-electron chi connectivity index (χ4n) is 14.9. The van der Waals surface area contributed by atoms with Crippen molar-refractivity contribution in [1.82, 2.24) is 0 Å². The van der Waals surface area contributed by atoms with Crippen LogP contribution in [0, 0.1) is 0 Å². The fourth-order valence-corrected chi connectivity index (χ4v) is 16.5. The van der Waals surface area contributed by atoms with Gasteiger partial charge in [-0.25, -0.2) is 9.13 Å². The zero-order valence-corrected chi connectivity index (χ0v) is 76.2. The molecule has 0 spiro atoms. The van der Waals surface area contributed by atoms with E-state index in [0.717, 1.165) is 89.9 Å². The van der Waals surface area contributed by atoms with Gasteiger partial charge in [-0.05, 0) is 25.7 Å². The van der Waals surface area contributed by atoms with E-state index >= 15 is 0 Å². The van der Waals surface area contributed by atoms with Gasteiger partial charge in [0.25, 0.3) is 0 Å². The number of esters is 4. The van der Waals surface area contributed by atoms with E-state index in [2.05, 4.69) is 27.7 Å². The van der Waals surface area contributed by atoms with E-state index in [-0.39, 0.29) is 25.7 Å². The number of hydrogen-bond donors (Lipinski definition) is 3. The number of rotatable bonds is 95. The summed E-state index contributed by atoms with van der Waals surface area (Å²) < 4.78 is 69.2. The van der Waals surface area contributed by atoms with Gasteiger partial charge in [-0.1, -0.05) is 471 Å². The van der Waals surface area contributed by atoms with Crippen LogP contribution in [0.2, 0.25) is 0 Å². The molecule has 0 aliphatic carbocycles. The Morgan fingerprint density at radius 1 is 0.212 bits per heavy atom. The summed E-state index contributed by atoms with van der Waals surface area (Å²) in [5, 5.41) is 10.7. The lowest BCUT2D eigenvalue weighted by Crippen LogP contribution is -2.30. The highest BCUT2D eigenvalue weighted by atomic mass is 31.2. The molecule has 0 heterocycles. The Balaban J connectivity index is 5.25. The summed E-state index contributed by atoms with van der Waals surface area (Å²) in [5.41, 5.74) is 0. The zero-order chi connectivity index (χ0) is 82.4. The lowest BCUT2D eigenvalue weighted by Gasteiger charge is -2.21. The normalized spacial score (nSPS) is 13.6. The molecule has 0 aromatic carbocycles. The number of carbonyl (C=O) groups is 4. The van der Waals surface area contributed by atoms with Crippen LogP contribution in [0.3, 0.4) is 0 Å². The summed E-state index contributed by atoms with van der Waals surface area (Å²) in [6.07, 6.45) is 86.2. The summed E-state index contributed by atoms with van der Waals surface area (Å²) in [6.45, 7) is 5.11. The maximum Gasteiger partial charge on any atom is 0.472 e.